The SMILES string of the molecule is Cc1cccc(C(=O)NCCCCO)c1[N+](=O)[O-]. The molecule has 0 bridgehead atoms. The van der Waals surface area contributed by atoms with E-state index in [0.717, 1.165) is 0 Å². The Bertz CT molecular complexity index is 446. The molecule has 0 unspecified atom stereocenters. The fourth-order valence-corrected chi connectivity index (χ4v) is 1.62. The Labute approximate surface area is 105 Å². The van der Waals surface area contributed by atoms with Gasteiger partial charge in [0, 0.05) is 18.7 Å². The van der Waals surface area contributed by atoms with Gasteiger partial charge in [-0.25, -0.2) is 0 Å². The summed E-state index contributed by atoms with van der Waals surface area (Å²) in [4.78, 5) is 22.2. The van der Waals surface area contributed by atoms with Crippen LogP contribution in [0.4, 0.5) is 5.69 Å². The third-order valence-electron chi connectivity index (χ3n) is 2.54. The smallest absolute Gasteiger partial charge is 0.285 e. The molecule has 0 heterocycles. The second-order valence-electron chi connectivity index (χ2n) is 3.91. The average Bonchev–Trinajstić information content (AvgIpc) is 2.33. The van der Waals surface area contributed by atoms with Crippen LogP contribution in [-0.2, 0) is 0 Å². The zero-order chi connectivity index (χ0) is 13.5. The molecule has 0 saturated heterocycles. The van der Waals surface area contributed by atoms with Crippen LogP contribution in [0.15, 0.2) is 18.2 Å². The lowest BCUT2D eigenvalue weighted by Gasteiger charge is -2.06. The lowest BCUT2D eigenvalue weighted by Crippen LogP contribution is -2.25. The first-order chi connectivity index (χ1) is 8.57. The zero-order valence-electron chi connectivity index (χ0n) is 10.2. The Morgan fingerprint density at radius 1 is 1.44 bits per heavy atom. The van der Waals surface area contributed by atoms with Crippen molar-refractivity contribution in [3.63, 3.8) is 0 Å². The maximum absolute atomic E-state index is 11.8. The van der Waals surface area contributed by atoms with Crippen LogP contribution in [0.1, 0.15) is 28.8 Å². The first kappa shape index (κ1) is 14.1. The number of unbranched alkanes of at least 4 members (excludes halogenated alkanes) is 1. The predicted molar refractivity (Wildman–Crippen MR) is 66.5 cm³/mol. The van der Waals surface area contributed by atoms with Crippen molar-refractivity contribution in [3.8, 4) is 0 Å². The van der Waals surface area contributed by atoms with Crippen LogP contribution in [0.25, 0.3) is 0 Å². The summed E-state index contributed by atoms with van der Waals surface area (Å²) in [5.41, 5.74) is 0.379. The van der Waals surface area contributed by atoms with Crippen LogP contribution in [0, 0.1) is 17.0 Å². The molecule has 2 N–H and O–H groups in total. The second kappa shape index (κ2) is 6.70. The Hall–Kier alpha value is -1.95. The molecule has 18 heavy (non-hydrogen) atoms. The van der Waals surface area contributed by atoms with Crippen molar-refractivity contribution in [1.82, 2.24) is 5.32 Å². The molecule has 0 saturated carbocycles. The summed E-state index contributed by atoms with van der Waals surface area (Å²) in [6.07, 6.45) is 1.23. The number of hydrogen-bond acceptors (Lipinski definition) is 4. The van der Waals surface area contributed by atoms with Crippen LogP contribution >= 0.6 is 0 Å². The van der Waals surface area contributed by atoms with Crippen LogP contribution < -0.4 is 5.32 Å². The number of aliphatic hydroxyl groups is 1. The molecule has 0 fully saturated rings. The van der Waals surface area contributed by atoms with Gasteiger partial charge in [-0.1, -0.05) is 12.1 Å². The number of aryl methyl sites for hydroxylation is 1. The van der Waals surface area contributed by atoms with Gasteiger partial charge in [0.05, 0.1) is 4.92 Å². The van der Waals surface area contributed by atoms with E-state index in [4.69, 9.17) is 5.11 Å². The molecule has 1 aromatic rings. The van der Waals surface area contributed by atoms with Crippen LogP contribution in [0.5, 0.6) is 0 Å². The van der Waals surface area contributed by atoms with Crippen molar-refractivity contribution in [2.24, 2.45) is 0 Å². The molecule has 98 valence electrons. The number of carbonyl (C=O) groups excluding carboxylic acids is 1. The first-order valence-electron chi connectivity index (χ1n) is 5.71. The fraction of sp³-hybridized carbons (Fsp3) is 0.417. The van der Waals surface area contributed by atoms with Crippen molar-refractivity contribution < 1.29 is 14.8 Å². The molecule has 0 aliphatic rings. The maximum Gasteiger partial charge on any atom is 0.285 e. The summed E-state index contributed by atoms with van der Waals surface area (Å²) in [5, 5.41) is 22.1. The molecule has 0 radical (unpaired) electrons. The number of benzene rings is 1. The van der Waals surface area contributed by atoms with Gasteiger partial charge in [0.2, 0.25) is 0 Å². The summed E-state index contributed by atoms with van der Waals surface area (Å²) in [6, 6.07) is 4.65. The number of carbonyl (C=O) groups is 1. The number of nitrogens with zero attached hydrogens (tertiary/aromatic N) is 1. The number of nitro benzene ring substituents is 1. The van der Waals surface area contributed by atoms with E-state index in [2.05, 4.69) is 5.32 Å². The fourth-order valence-electron chi connectivity index (χ4n) is 1.62. The number of para-hydroxylation sites is 1. The van der Waals surface area contributed by atoms with Crippen molar-refractivity contribution >= 4 is 11.6 Å². The highest BCUT2D eigenvalue weighted by Gasteiger charge is 2.21. The van der Waals surface area contributed by atoms with E-state index in [1.54, 1.807) is 19.1 Å². The zero-order valence-corrected chi connectivity index (χ0v) is 10.2. The highest BCUT2D eigenvalue weighted by Crippen LogP contribution is 2.22. The number of amides is 1. The predicted octanol–water partition coefficient (Wildman–Crippen LogP) is 1.41. The van der Waals surface area contributed by atoms with Crippen molar-refractivity contribution in [1.29, 1.82) is 0 Å². The molecule has 1 rings (SSSR count). The molecular weight excluding hydrogens is 236 g/mol. The Morgan fingerprint density at radius 3 is 2.78 bits per heavy atom. The number of nitro groups is 1. The molecule has 6 heteroatoms. The van der Waals surface area contributed by atoms with Gasteiger partial charge in [0.15, 0.2) is 0 Å². The highest BCUT2D eigenvalue weighted by atomic mass is 16.6. The van der Waals surface area contributed by atoms with Gasteiger partial charge in [0.25, 0.3) is 11.6 Å². The minimum absolute atomic E-state index is 0.0699. The molecule has 0 aliphatic carbocycles. The van der Waals surface area contributed by atoms with Crippen LogP contribution in [0.3, 0.4) is 0 Å². The van der Waals surface area contributed by atoms with Gasteiger partial charge >= 0.3 is 0 Å². The lowest BCUT2D eigenvalue weighted by atomic mass is 10.1. The number of nitrogens with one attached hydrogen (secondary N) is 1. The van der Waals surface area contributed by atoms with E-state index >= 15 is 0 Å². The summed E-state index contributed by atoms with van der Waals surface area (Å²) < 4.78 is 0. The molecule has 1 amide bonds. The van der Waals surface area contributed by atoms with Gasteiger partial charge < -0.3 is 10.4 Å². The molecule has 1 aromatic carbocycles. The van der Waals surface area contributed by atoms with Crippen LogP contribution in [-0.4, -0.2) is 29.1 Å². The number of rotatable bonds is 6. The minimum atomic E-state index is -0.544. The Kier molecular flexibility index (Phi) is 5.26. The van der Waals surface area contributed by atoms with Gasteiger partial charge in [-0.2, -0.15) is 0 Å². The van der Waals surface area contributed by atoms with E-state index in [1.807, 2.05) is 0 Å². The molecule has 6 nitrogen and oxygen atoms in total. The number of aliphatic hydroxyl groups excluding tert-OH is 1. The second-order valence-corrected chi connectivity index (χ2v) is 3.91. The van der Waals surface area contributed by atoms with E-state index < -0.39 is 10.8 Å². The quantitative estimate of drug-likeness (QED) is 0.454. The van der Waals surface area contributed by atoms with E-state index in [1.165, 1.54) is 6.07 Å². The normalized spacial score (nSPS) is 10.1. The van der Waals surface area contributed by atoms with Crippen molar-refractivity contribution in [3.05, 3.63) is 39.4 Å². The minimum Gasteiger partial charge on any atom is -0.396 e. The Balaban J connectivity index is 2.79. The van der Waals surface area contributed by atoms with Gasteiger partial charge in [-0.15, -0.1) is 0 Å². The van der Waals surface area contributed by atoms with E-state index in [-0.39, 0.29) is 17.9 Å². The summed E-state index contributed by atoms with van der Waals surface area (Å²) >= 11 is 0. The standard InChI is InChI=1S/C12H16N2O4/c1-9-5-4-6-10(11(9)14(17)18)12(16)13-7-2-3-8-15/h4-6,15H,2-3,7-8H2,1H3,(H,13,16). The third-order valence-corrected chi connectivity index (χ3v) is 2.54. The molecule has 0 spiro atoms. The first-order valence-corrected chi connectivity index (χ1v) is 5.71. The highest BCUT2D eigenvalue weighted by molar-refractivity contribution is 5.98. The van der Waals surface area contributed by atoms with Crippen molar-refractivity contribution in [2.75, 3.05) is 13.2 Å². The topological polar surface area (TPSA) is 92.5 Å². The Morgan fingerprint density at radius 2 is 2.17 bits per heavy atom. The summed E-state index contributed by atoms with van der Waals surface area (Å²) in [7, 11) is 0. The summed E-state index contributed by atoms with van der Waals surface area (Å²) in [5.74, 6) is -0.455. The van der Waals surface area contributed by atoms with Gasteiger partial charge in [-0.05, 0) is 25.8 Å². The molecule has 0 aliphatic heterocycles. The van der Waals surface area contributed by atoms with Gasteiger partial charge in [-0.3, -0.25) is 14.9 Å². The van der Waals surface area contributed by atoms with Crippen molar-refractivity contribution in [2.45, 2.75) is 19.8 Å². The lowest BCUT2D eigenvalue weighted by molar-refractivity contribution is -0.385. The molecule has 0 aromatic heterocycles. The third kappa shape index (κ3) is 3.53. The maximum atomic E-state index is 11.8. The van der Waals surface area contributed by atoms with E-state index in [9.17, 15) is 14.9 Å². The summed E-state index contributed by atoms with van der Waals surface area (Å²) in [6.45, 7) is 2.06. The van der Waals surface area contributed by atoms with E-state index in [0.29, 0.717) is 24.9 Å². The monoisotopic (exact) mass is 252 g/mol. The number of hydrogen-bond donors (Lipinski definition) is 2. The van der Waals surface area contributed by atoms with Crippen LogP contribution in [0.2, 0.25) is 0 Å². The van der Waals surface area contributed by atoms with Gasteiger partial charge in [0.1, 0.15) is 5.56 Å². The molecule has 0 atom stereocenters. The molecular formula is C12H16N2O4. The average molecular weight is 252 g/mol. The largest absolute Gasteiger partial charge is 0.396 e.